The molecule has 2 aromatic carbocycles. The minimum atomic E-state index is -1.13. The smallest absolute Gasteiger partial charge is 0.164 e. The first-order valence-corrected chi connectivity index (χ1v) is 12.3. The first-order valence-electron chi connectivity index (χ1n) is 12.3. The Morgan fingerprint density at radius 2 is 1.75 bits per heavy atom. The maximum absolute atomic E-state index is 13.9. The van der Waals surface area contributed by atoms with Gasteiger partial charge in [0, 0.05) is 49.0 Å². The van der Waals surface area contributed by atoms with Crippen LogP contribution in [0.25, 0.3) is 10.9 Å². The molecule has 3 saturated heterocycles. The van der Waals surface area contributed by atoms with Crippen LogP contribution in [0.3, 0.4) is 0 Å². The monoisotopic (exact) mass is 495 g/mol. The van der Waals surface area contributed by atoms with E-state index in [4.69, 9.17) is 18.9 Å². The highest BCUT2D eigenvalue weighted by Gasteiger charge is 2.49. The molecule has 3 aliphatic heterocycles. The summed E-state index contributed by atoms with van der Waals surface area (Å²) in [5.41, 5.74) is 2.84. The van der Waals surface area contributed by atoms with Crippen LogP contribution in [0.15, 0.2) is 42.7 Å². The Hall–Kier alpha value is -3.21. The highest BCUT2D eigenvalue weighted by atomic mass is 19.1. The van der Waals surface area contributed by atoms with Gasteiger partial charge in [-0.1, -0.05) is 0 Å². The molecule has 1 unspecified atom stereocenters. The van der Waals surface area contributed by atoms with Crippen molar-refractivity contribution in [3.05, 3.63) is 42.7 Å². The summed E-state index contributed by atoms with van der Waals surface area (Å²) in [5.74, 6) is 1.70. The van der Waals surface area contributed by atoms with Crippen molar-refractivity contribution in [2.45, 2.75) is 24.5 Å². The molecule has 0 spiro atoms. The number of likely N-dealkylation sites (N-methyl/N-ethyl adjacent to an activating group) is 1. The van der Waals surface area contributed by atoms with Gasteiger partial charge in [-0.3, -0.25) is 0 Å². The fourth-order valence-electron chi connectivity index (χ4n) is 5.05. The minimum absolute atomic E-state index is 0.0304. The SMILES string of the molecule is COc1cc2c(Nc3ccc(N4CCN(C)CC4)cc3)ncnc2cc1O[C@@H]1COC2[C@H](F)CO[C@H]21. The van der Waals surface area contributed by atoms with Crippen molar-refractivity contribution in [1.29, 1.82) is 0 Å². The molecule has 3 aromatic rings. The molecule has 36 heavy (non-hydrogen) atoms. The number of aromatic nitrogens is 2. The number of ether oxygens (including phenoxy) is 4. The van der Waals surface area contributed by atoms with Crippen molar-refractivity contribution in [3.8, 4) is 11.5 Å². The Balaban J connectivity index is 1.21. The molecular formula is C26H30FN5O4. The highest BCUT2D eigenvalue weighted by molar-refractivity contribution is 5.93. The Labute approximate surface area is 209 Å². The average molecular weight is 496 g/mol. The predicted octanol–water partition coefficient (Wildman–Crippen LogP) is 3.02. The average Bonchev–Trinajstić information content (AvgIpc) is 3.47. The lowest BCUT2D eigenvalue weighted by Gasteiger charge is -2.34. The van der Waals surface area contributed by atoms with Gasteiger partial charge in [0.25, 0.3) is 0 Å². The van der Waals surface area contributed by atoms with E-state index in [9.17, 15) is 4.39 Å². The van der Waals surface area contributed by atoms with Gasteiger partial charge in [0.15, 0.2) is 23.8 Å². The number of anilines is 3. The van der Waals surface area contributed by atoms with E-state index in [1.54, 1.807) is 7.11 Å². The summed E-state index contributed by atoms with van der Waals surface area (Å²) in [7, 11) is 3.74. The molecule has 190 valence electrons. The summed E-state index contributed by atoms with van der Waals surface area (Å²) in [6.45, 7) is 4.48. The van der Waals surface area contributed by atoms with Crippen LogP contribution in [-0.2, 0) is 9.47 Å². The second kappa shape index (κ2) is 9.68. The minimum Gasteiger partial charge on any atom is -0.493 e. The van der Waals surface area contributed by atoms with Crippen molar-refractivity contribution in [2.24, 2.45) is 0 Å². The first kappa shape index (κ1) is 23.2. The summed E-state index contributed by atoms with van der Waals surface area (Å²) >= 11 is 0. The maximum Gasteiger partial charge on any atom is 0.164 e. The number of methoxy groups -OCH3 is 1. The van der Waals surface area contributed by atoms with E-state index in [1.165, 1.54) is 12.0 Å². The molecule has 1 N–H and O–H groups in total. The van der Waals surface area contributed by atoms with Crippen LogP contribution in [-0.4, -0.2) is 92.9 Å². The Bertz CT molecular complexity index is 1220. The van der Waals surface area contributed by atoms with Crippen LogP contribution in [0.1, 0.15) is 0 Å². The molecule has 0 amide bonds. The molecule has 9 nitrogen and oxygen atoms in total. The molecular weight excluding hydrogens is 465 g/mol. The van der Waals surface area contributed by atoms with E-state index in [1.807, 2.05) is 12.1 Å². The number of benzene rings is 2. The molecule has 4 heterocycles. The Kier molecular flexibility index (Phi) is 6.24. The van der Waals surface area contributed by atoms with Crippen LogP contribution in [0.4, 0.5) is 21.6 Å². The van der Waals surface area contributed by atoms with Crippen molar-refractivity contribution in [2.75, 3.05) is 63.8 Å². The zero-order valence-electron chi connectivity index (χ0n) is 20.4. The molecule has 0 saturated carbocycles. The second-order valence-electron chi connectivity index (χ2n) is 9.47. The lowest BCUT2D eigenvalue weighted by Crippen LogP contribution is -2.44. The van der Waals surface area contributed by atoms with E-state index in [0.29, 0.717) is 22.8 Å². The number of nitrogens with zero attached hydrogens (tertiary/aromatic N) is 4. The van der Waals surface area contributed by atoms with Crippen molar-refractivity contribution in [3.63, 3.8) is 0 Å². The lowest BCUT2D eigenvalue weighted by molar-refractivity contribution is 0.0271. The van der Waals surface area contributed by atoms with Crippen LogP contribution in [0, 0.1) is 0 Å². The second-order valence-corrected chi connectivity index (χ2v) is 9.47. The van der Waals surface area contributed by atoms with Gasteiger partial charge in [-0.25, -0.2) is 14.4 Å². The number of alkyl halides is 1. The first-order chi connectivity index (χ1) is 17.6. The van der Waals surface area contributed by atoms with E-state index in [-0.39, 0.29) is 13.2 Å². The number of piperazine rings is 1. The third-order valence-corrected chi connectivity index (χ3v) is 7.15. The molecule has 10 heteroatoms. The number of halogens is 1. The number of rotatable bonds is 6. The van der Waals surface area contributed by atoms with Gasteiger partial charge in [-0.15, -0.1) is 0 Å². The van der Waals surface area contributed by atoms with Crippen molar-refractivity contribution >= 4 is 28.1 Å². The zero-order valence-corrected chi connectivity index (χ0v) is 20.4. The summed E-state index contributed by atoms with van der Waals surface area (Å²) in [6.07, 6.45) is -1.04. The van der Waals surface area contributed by atoms with Crippen LogP contribution >= 0.6 is 0 Å². The molecule has 0 bridgehead atoms. The molecule has 0 aliphatic carbocycles. The third kappa shape index (κ3) is 4.40. The fourth-order valence-corrected chi connectivity index (χ4v) is 5.05. The molecule has 3 fully saturated rings. The van der Waals surface area contributed by atoms with Gasteiger partial charge in [0.1, 0.15) is 24.4 Å². The quantitative estimate of drug-likeness (QED) is 0.555. The Morgan fingerprint density at radius 1 is 0.972 bits per heavy atom. The third-order valence-electron chi connectivity index (χ3n) is 7.15. The Morgan fingerprint density at radius 3 is 2.53 bits per heavy atom. The van der Waals surface area contributed by atoms with E-state index < -0.39 is 24.5 Å². The van der Waals surface area contributed by atoms with Crippen LogP contribution in [0.2, 0.25) is 0 Å². The maximum atomic E-state index is 13.9. The molecule has 6 rings (SSSR count). The molecule has 4 atom stereocenters. The highest BCUT2D eigenvalue weighted by Crippen LogP contribution is 2.38. The zero-order chi connectivity index (χ0) is 24.6. The van der Waals surface area contributed by atoms with Crippen molar-refractivity contribution in [1.82, 2.24) is 14.9 Å². The van der Waals surface area contributed by atoms with Gasteiger partial charge in [0.05, 0.1) is 25.8 Å². The van der Waals surface area contributed by atoms with Gasteiger partial charge < -0.3 is 34.1 Å². The number of hydrogen-bond donors (Lipinski definition) is 1. The summed E-state index contributed by atoms with van der Waals surface area (Å²) < 4.78 is 36.9. The molecule has 3 aliphatic rings. The standard InChI is InChI=1S/C26H30FN5O4/c1-31-7-9-32(10-8-31)17-5-3-16(4-6-17)30-26-18-11-21(33-2)22(12-20(18)28-15-29-26)36-23-14-35-24-19(27)13-34-25(23)24/h3-6,11-12,15,19,23-25H,7-10,13-14H2,1-2H3,(H,28,29,30)/t19-,23-,24?,25+/m1/s1. The predicted molar refractivity (Wildman–Crippen MR) is 134 cm³/mol. The van der Waals surface area contributed by atoms with Gasteiger partial charge in [0.2, 0.25) is 0 Å². The van der Waals surface area contributed by atoms with Crippen LogP contribution < -0.4 is 19.7 Å². The van der Waals surface area contributed by atoms with Crippen molar-refractivity contribution < 1.29 is 23.3 Å². The largest absolute Gasteiger partial charge is 0.493 e. The summed E-state index contributed by atoms with van der Waals surface area (Å²) in [6, 6.07) is 12.1. The topological polar surface area (TPSA) is 81.2 Å². The number of fused-ring (bicyclic) bond motifs is 2. The summed E-state index contributed by atoms with van der Waals surface area (Å²) in [5, 5.41) is 4.20. The fraction of sp³-hybridized carbons (Fsp3) is 0.462. The van der Waals surface area contributed by atoms with E-state index in [2.05, 4.69) is 56.4 Å². The number of hydrogen-bond acceptors (Lipinski definition) is 9. The van der Waals surface area contributed by atoms with E-state index in [0.717, 1.165) is 37.3 Å². The number of nitrogens with one attached hydrogen (secondary N) is 1. The lowest BCUT2D eigenvalue weighted by atomic mass is 10.1. The summed E-state index contributed by atoms with van der Waals surface area (Å²) in [4.78, 5) is 13.6. The molecule has 0 radical (unpaired) electrons. The van der Waals surface area contributed by atoms with Crippen LogP contribution in [0.5, 0.6) is 11.5 Å². The molecule has 1 aromatic heterocycles. The van der Waals surface area contributed by atoms with E-state index >= 15 is 0 Å². The normalized spacial score (nSPS) is 26.2. The van der Waals surface area contributed by atoms with Gasteiger partial charge in [-0.2, -0.15) is 0 Å². The van der Waals surface area contributed by atoms with Gasteiger partial charge >= 0.3 is 0 Å². The van der Waals surface area contributed by atoms with Gasteiger partial charge in [-0.05, 0) is 37.4 Å².